The highest BCUT2D eigenvalue weighted by Crippen LogP contribution is 2.10. The fourth-order valence-corrected chi connectivity index (χ4v) is 2.87. The second kappa shape index (κ2) is 4.97. The SMILES string of the molecule is O=C(O)Cn1cc(S(=O)(=O)NC2CNC(=O)C2)cn1. The third kappa shape index (κ3) is 3.29. The monoisotopic (exact) mass is 288 g/mol. The summed E-state index contributed by atoms with van der Waals surface area (Å²) in [5.41, 5.74) is 0. The molecule has 104 valence electrons. The number of carbonyl (C=O) groups excluding carboxylic acids is 1. The van der Waals surface area contributed by atoms with Crippen LogP contribution in [0.5, 0.6) is 0 Å². The number of carboxylic acids is 1. The van der Waals surface area contributed by atoms with Crippen LogP contribution in [0, 0.1) is 0 Å². The summed E-state index contributed by atoms with van der Waals surface area (Å²) in [6.45, 7) is -0.180. The van der Waals surface area contributed by atoms with E-state index >= 15 is 0 Å². The Morgan fingerprint density at radius 3 is 2.95 bits per heavy atom. The van der Waals surface area contributed by atoms with E-state index in [0.29, 0.717) is 0 Å². The van der Waals surface area contributed by atoms with Crippen molar-refractivity contribution < 1.29 is 23.1 Å². The number of hydrogen-bond donors (Lipinski definition) is 3. The molecular weight excluding hydrogens is 276 g/mol. The molecule has 1 fully saturated rings. The number of nitrogens with zero attached hydrogens (tertiary/aromatic N) is 2. The summed E-state index contributed by atoms with van der Waals surface area (Å²) in [6, 6.07) is -0.500. The van der Waals surface area contributed by atoms with E-state index in [-0.39, 0.29) is 23.8 Å². The number of aromatic nitrogens is 2. The first-order valence-corrected chi connectivity index (χ1v) is 6.88. The second-order valence-corrected chi connectivity index (χ2v) is 5.81. The van der Waals surface area contributed by atoms with Crippen LogP contribution in [0.3, 0.4) is 0 Å². The molecule has 0 aliphatic carbocycles. The molecule has 3 N–H and O–H groups in total. The normalized spacial score (nSPS) is 19.4. The fourth-order valence-electron chi connectivity index (χ4n) is 1.68. The lowest BCUT2D eigenvalue weighted by atomic mass is 10.3. The smallest absolute Gasteiger partial charge is 0.325 e. The van der Waals surface area contributed by atoms with Gasteiger partial charge in [0.15, 0.2) is 0 Å². The van der Waals surface area contributed by atoms with Crippen LogP contribution in [0.4, 0.5) is 0 Å². The van der Waals surface area contributed by atoms with Gasteiger partial charge in [-0.25, -0.2) is 13.1 Å². The van der Waals surface area contributed by atoms with Crippen molar-refractivity contribution in [1.82, 2.24) is 19.8 Å². The molecule has 0 radical (unpaired) electrons. The Labute approximate surface area is 108 Å². The van der Waals surface area contributed by atoms with Crippen LogP contribution < -0.4 is 10.0 Å². The zero-order chi connectivity index (χ0) is 14.0. The predicted octanol–water partition coefficient (Wildman–Crippen LogP) is -1.87. The minimum atomic E-state index is -3.80. The van der Waals surface area contributed by atoms with Gasteiger partial charge < -0.3 is 10.4 Å². The lowest BCUT2D eigenvalue weighted by Gasteiger charge is -2.09. The molecule has 0 bridgehead atoms. The zero-order valence-electron chi connectivity index (χ0n) is 9.74. The maximum Gasteiger partial charge on any atom is 0.325 e. The third-order valence-corrected chi connectivity index (χ3v) is 3.99. The highest BCUT2D eigenvalue weighted by Gasteiger charge is 2.27. The molecule has 1 aromatic rings. The van der Waals surface area contributed by atoms with E-state index in [2.05, 4.69) is 15.1 Å². The van der Waals surface area contributed by atoms with Crippen molar-refractivity contribution in [1.29, 1.82) is 0 Å². The number of rotatable bonds is 5. The fraction of sp³-hybridized carbons (Fsp3) is 0.444. The van der Waals surface area contributed by atoms with Crippen molar-refractivity contribution >= 4 is 21.9 Å². The largest absolute Gasteiger partial charge is 0.480 e. The summed E-state index contributed by atoms with van der Waals surface area (Å²) < 4.78 is 27.3. The van der Waals surface area contributed by atoms with Crippen molar-refractivity contribution in [3.63, 3.8) is 0 Å². The molecule has 1 aliphatic rings. The number of amides is 1. The summed E-state index contributed by atoms with van der Waals surface area (Å²) >= 11 is 0. The van der Waals surface area contributed by atoms with Gasteiger partial charge in [-0.15, -0.1) is 0 Å². The highest BCUT2D eigenvalue weighted by atomic mass is 32.2. The number of hydrogen-bond acceptors (Lipinski definition) is 5. The molecule has 19 heavy (non-hydrogen) atoms. The van der Waals surface area contributed by atoms with Gasteiger partial charge in [-0.2, -0.15) is 5.10 Å². The van der Waals surface area contributed by atoms with Crippen molar-refractivity contribution in [2.24, 2.45) is 0 Å². The van der Waals surface area contributed by atoms with E-state index in [1.165, 1.54) is 0 Å². The Balaban J connectivity index is 2.08. The van der Waals surface area contributed by atoms with Crippen LogP contribution in [0.15, 0.2) is 17.3 Å². The van der Waals surface area contributed by atoms with Crippen LogP contribution in [0.1, 0.15) is 6.42 Å². The lowest BCUT2D eigenvalue weighted by molar-refractivity contribution is -0.137. The number of nitrogens with one attached hydrogen (secondary N) is 2. The predicted molar refractivity (Wildman–Crippen MR) is 61.6 cm³/mol. The van der Waals surface area contributed by atoms with Crippen molar-refractivity contribution in [3.05, 3.63) is 12.4 Å². The molecule has 1 aromatic heterocycles. The molecule has 10 heteroatoms. The van der Waals surface area contributed by atoms with Crippen LogP contribution in [-0.2, 0) is 26.2 Å². The topological polar surface area (TPSA) is 130 Å². The molecule has 0 saturated carbocycles. The van der Waals surface area contributed by atoms with Crippen LogP contribution in [0.25, 0.3) is 0 Å². The zero-order valence-corrected chi connectivity index (χ0v) is 10.6. The second-order valence-electron chi connectivity index (χ2n) is 4.09. The molecule has 2 rings (SSSR count). The Morgan fingerprint density at radius 1 is 1.63 bits per heavy atom. The summed E-state index contributed by atoms with van der Waals surface area (Å²) in [6.07, 6.45) is 2.28. The van der Waals surface area contributed by atoms with Gasteiger partial charge in [0.1, 0.15) is 11.4 Å². The van der Waals surface area contributed by atoms with Gasteiger partial charge in [-0.05, 0) is 0 Å². The van der Waals surface area contributed by atoms with E-state index in [4.69, 9.17) is 5.11 Å². The maximum atomic E-state index is 11.9. The number of carbonyl (C=O) groups is 2. The number of aliphatic carboxylic acids is 1. The van der Waals surface area contributed by atoms with E-state index in [9.17, 15) is 18.0 Å². The van der Waals surface area contributed by atoms with Crippen molar-refractivity contribution in [3.8, 4) is 0 Å². The van der Waals surface area contributed by atoms with E-state index in [1.54, 1.807) is 0 Å². The first-order chi connectivity index (χ1) is 8.87. The van der Waals surface area contributed by atoms with Crippen molar-refractivity contribution in [2.45, 2.75) is 23.9 Å². The highest BCUT2D eigenvalue weighted by molar-refractivity contribution is 7.89. The standard InChI is InChI=1S/C9H12N4O5S/c14-8-1-6(2-10-8)12-19(17,18)7-3-11-13(4-7)5-9(15)16/h3-4,6,12H,1-2,5H2,(H,10,14)(H,15,16). The van der Waals surface area contributed by atoms with Crippen LogP contribution >= 0.6 is 0 Å². The Morgan fingerprint density at radius 2 is 2.37 bits per heavy atom. The van der Waals surface area contributed by atoms with E-state index < -0.39 is 28.6 Å². The average molecular weight is 288 g/mol. The van der Waals surface area contributed by atoms with Gasteiger partial charge in [0.25, 0.3) is 0 Å². The van der Waals surface area contributed by atoms with E-state index in [1.807, 2.05) is 0 Å². The Bertz CT molecular complexity index is 608. The van der Waals surface area contributed by atoms with Gasteiger partial charge in [-0.3, -0.25) is 14.3 Å². The van der Waals surface area contributed by atoms with Crippen LogP contribution in [-0.4, -0.2) is 47.8 Å². The molecule has 1 aliphatic heterocycles. The van der Waals surface area contributed by atoms with E-state index in [0.717, 1.165) is 17.1 Å². The molecule has 1 amide bonds. The maximum absolute atomic E-state index is 11.9. The van der Waals surface area contributed by atoms with Gasteiger partial charge in [0, 0.05) is 25.2 Å². The average Bonchev–Trinajstić information content (AvgIpc) is 2.87. The molecule has 2 heterocycles. The summed E-state index contributed by atoms with van der Waals surface area (Å²) in [4.78, 5) is 21.3. The molecule has 9 nitrogen and oxygen atoms in total. The molecule has 1 atom stereocenters. The summed E-state index contributed by atoms with van der Waals surface area (Å²) in [7, 11) is -3.80. The first-order valence-electron chi connectivity index (χ1n) is 5.40. The number of carboxylic acid groups (broad SMARTS) is 1. The lowest BCUT2D eigenvalue weighted by Crippen LogP contribution is -2.36. The minimum Gasteiger partial charge on any atom is -0.480 e. The minimum absolute atomic E-state index is 0.0858. The number of sulfonamides is 1. The summed E-state index contributed by atoms with van der Waals surface area (Å²) in [5.74, 6) is -1.33. The molecule has 0 spiro atoms. The Kier molecular flexibility index (Phi) is 3.53. The molecule has 1 unspecified atom stereocenters. The van der Waals surface area contributed by atoms with Gasteiger partial charge >= 0.3 is 5.97 Å². The molecule has 0 aromatic carbocycles. The van der Waals surface area contributed by atoms with Crippen LogP contribution in [0.2, 0.25) is 0 Å². The molecule has 1 saturated heterocycles. The van der Waals surface area contributed by atoms with Crippen molar-refractivity contribution in [2.75, 3.05) is 6.54 Å². The summed E-state index contributed by atoms with van der Waals surface area (Å²) in [5, 5.41) is 14.7. The van der Waals surface area contributed by atoms with Gasteiger partial charge in [-0.1, -0.05) is 0 Å². The quantitative estimate of drug-likeness (QED) is 0.582. The first kappa shape index (κ1) is 13.5. The van der Waals surface area contributed by atoms with Gasteiger partial charge in [0.05, 0.1) is 6.20 Å². The third-order valence-electron chi connectivity index (χ3n) is 2.52. The molecular formula is C9H12N4O5S. The van der Waals surface area contributed by atoms with Gasteiger partial charge in [0.2, 0.25) is 15.9 Å². The Hall–Kier alpha value is -1.94.